The number of nitrogens with zero attached hydrogens (tertiary/aromatic N) is 1. The highest BCUT2D eigenvalue weighted by Gasteiger charge is 2.36. The van der Waals surface area contributed by atoms with Crippen molar-refractivity contribution in [2.75, 3.05) is 24.5 Å². The van der Waals surface area contributed by atoms with Crippen molar-refractivity contribution in [1.29, 1.82) is 0 Å². The number of halogens is 3. The molecule has 2 aromatic carbocycles. The first-order valence-electron chi connectivity index (χ1n) is 10.6. The van der Waals surface area contributed by atoms with Crippen LogP contribution in [0.5, 0.6) is 5.75 Å². The highest BCUT2D eigenvalue weighted by Crippen LogP contribution is 2.43. The number of amides is 1. The minimum absolute atomic E-state index is 0.00778. The molecule has 0 fully saturated rings. The molecule has 1 aromatic heterocycles. The minimum Gasteiger partial charge on any atom is -0.488 e. The molecule has 1 aliphatic rings. The lowest BCUT2D eigenvalue weighted by atomic mass is 10.1. The second-order valence-electron chi connectivity index (χ2n) is 7.78. The number of nitrogens with two attached hydrogens (primary N) is 1. The number of ether oxygens (including phenoxy) is 1. The number of aliphatic carboxylic acids is 1. The average molecular weight is 492 g/mol. The molecule has 1 amide bonds. The molecule has 3 N–H and O–H groups in total. The van der Waals surface area contributed by atoms with Gasteiger partial charge < -0.3 is 20.1 Å². The van der Waals surface area contributed by atoms with Crippen LogP contribution in [0, 0.1) is 0 Å². The summed E-state index contributed by atoms with van der Waals surface area (Å²) in [5.74, 6) is -0.658. The van der Waals surface area contributed by atoms with Gasteiger partial charge in [0, 0.05) is 22.7 Å². The lowest BCUT2D eigenvalue weighted by Gasteiger charge is -2.16. The van der Waals surface area contributed by atoms with Gasteiger partial charge in [0.1, 0.15) is 17.2 Å². The van der Waals surface area contributed by atoms with Crippen molar-refractivity contribution in [3.63, 3.8) is 0 Å². The van der Waals surface area contributed by atoms with E-state index in [2.05, 4.69) is 0 Å². The SMILES string of the molecule is O=C(O)C[NH2+]CC(=O)N1CCc2cc(OCc3cc(-c4ccccc4)c(C(F)(F)F)s3)ccc21. The van der Waals surface area contributed by atoms with E-state index in [-0.39, 0.29) is 31.2 Å². The van der Waals surface area contributed by atoms with E-state index < -0.39 is 17.0 Å². The number of hydrogen-bond donors (Lipinski definition) is 2. The van der Waals surface area contributed by atoms with E-state index in [1.807, 2.05) is 0 Å². The van der Waals surface area contributed by atoms with Gasteiger partial charge in [-0.2, -0.15) is 13.2 Å². The molecule has 0 saturated carbocycles. The van der Waals surface area contributed by atoms with Crippen LogP contribution in [0.4, 0.5) is 18.9 Å². The Kier molecular flexibility index (Phi) is 6.90. The molecule has 2 heterocycles. The first-order valence-corrected chi connectivity index (χ1v) is 11.4. The topological polar surface area (TPSA) is 83.4 Å². The third-order valence-corrected chi connectivity index (χ3v) is 6.55. The predicted molar refractivity (Wildman–Crippen MR) is 121 cm³/mol. The number of hydrogen-bond acceptors (Lipinski definition) is 4. The van der Waals surface area contributed by atoms with E-state index in [9.17, 15) is 22.8 Å². The molecule has 10 heteroatoms. The molecular formula is C24H22F3N2O4S+. The van der Waals surface area contributed by atoms with Gasteiger partial charge in [0.25, 0.3) is 5.91 Å². The smallest absolute Gasteiger partial charge is 0.426 e. The second-order valence-corrected chi connectivity index (χ2v) is 8.92. The molecule has 3 aromatic rings. The quantitative estimate of drug-likeness (QED) is 0.505. The predicted octanol–water partition coefficient (Wildman–Crippen LogP) is 3.55. The van der Waals surface area contributed by atoms with Crippen LogP contribution in [0.3, 0.4) is 0 Å². The Morgan fingerprint density at radius 2 is 1.85 bits per heavy atom. The molecule has 4 rings (SSSR count). The molecule has 0 unspecified atom stereocenters. The maximum atomic E-state index is 13.6. The van der Waals surface area contributed by atoms with Crippen molar-refractivity contribution in [1.82, 2.24) is 0 Å². The van der Waals surface area contributed by atoms with Crippen molar-refractivity contribution < 1.29 is 37.9 Å². The van der Waals surface area contributed by atoms with Crippen LogP contribution in [0.25, 0.3) is 11.1 Å². The fourth-order valence-electron chi connectivity index (χ4n) is 3.87. The number of benzene rings is 2. The number of quaternary nitrogens is 1. The Labute approximate surface area is 197 Å². The van der Waals surface area contributed by atoms with Gasteiger partial charge in [-0.05, 0) is 41.8 Å². The van der Waals surface area contributed by atoms with E-state index in [1.54, 1.807) is 53.4 Å². The lowest BCUT2D eigenvalue weighted by molar-refractivity contribution is -0.634. The van der Waals surface area contributed by atoms with Gasteiger partial charge in [0.2, 0.25) is 0 Å². The number of alkyl halides is 3. The van der Waals surface area contributed by atoms with Gasteiger partial charge in [-0.25, -0.2) is 4.79 Å². The Morgan fingerprint density at radius 1 is 1.09 bits per heavy atom. The molecule has 0 spiro atoms. The summed E-state index contributed by atoms with van der Waals surface area (Å²) in [6.07, 6.45) is -3.84. The van der Waals surface area contributed by atoms with Gasteiger partial charge in [-0.1, -0.05) is 30.3 Å². The Bertz CT molecular complexity index is 1190. The summed E-state index contributed by atoms with van der Waals surface area (Å²) in [5.41, 5.74) is 2.28. The number of rotatable bonds is 8. The van der Waals surface area contributed by atoms with E-state index in [4.69, 9.17) is 9.84 Å². The van der Waals surface area contributed by atoms with Crippen LogP contribution in [0.2, 0.25) is 0 Å². The van der Waals surface area contributed by atoms with Crippen LogP contribution in [0.15, 0.2) is 54.6 Å². The third kappa shape index (κ3) is 5.40. The van der Waals surface area contributed by atoms with Crippen LogP contribution < -0.4 is 15.0 Å². The number of anilines is 1. The normalized spacial score (nSPS) is 13.1. The van der Waals surface area contributed by atoms with Crippen LogP contribution in [-0.4, -0.2) is 36.6 Å². The summed E-state index contributed by atoms with van der Waals surface area (Å²) in [6, 6.07) is 15.2. The number of fused-ring (bicyclic) bond motifs is 1. The standard InChI is InChI=1S/C24H21F3N2O4S/c25-24(26,27)23-19(15-4-2-1-3-5-15)11-18(34-23)14-33-17-6-7-20-16(10-17)8-9-29(20)21(30)12-28-13-22(31)32/h1-7,10-11,28H,8-9,12-14H2,(H,31,32)/p+1. The Hall–Kier alpha value is -3.37. The number of carboxylic acid groups (broad SMARTS) is 1. The summed E-state index contributed by atoms with van der Waals surface area (Å²) >= 11 is 0.672. The molecule has 0 saturated heterocycles. The van der Waals surface area contributed by atoms with Gasteiger partial charge in [0.05, 0.1) is 0 Å². The first kappa shape index (κ1) is 23.8. The molecule has 178 valence electrons. The zero-order chi connectivity index (χ0) is 24.3. The van der Waals surface area contributed by atoms with Gasteiger partial charge in [-0.15, -0.1) is 11.3 Å². The summed E-state index contributed by atoms with van der Waals surface area (Å²) in [4.78, 5) is 24.4. The van der Waals surface area contributed by atoms with Crippen LogP contribution in [-0.2, 0) is 28.8 Å². The minimum atomic E-state index is -4.46. The summed E-state index contributed by atoms with van der Waals surface area (Å²) in [7, 11) is 0. The van der Waals surface area contributed by atoms with Crippen molar-refractivity contribution in [3.8, 4) is 16.9 Å². The van der Waals surface area contributed by atoms with Crippen molar-refractivity contribution in [3.05, 3.63) is 69.9 Å². The number of thiophene rings is 1. The molecule has 1 aliphatic heterocycles. The molecule has 34 heavy (non-hydrogen) atoms. The number of carboxylic acids is 1. The largest absolute Gasteiger partial charge is 0.488 e. The molecule has 0 bridgehead atoms. The zero-order valence-corrected chi connectivity index (χ0v) is 18.8. The average Bonchev–Trinajstić information content (AvgIpc) is 3.42. The maximum Gasteiger partial charge on any atom is 0.426 e. The lowest BCUT2D eigenvalue weighted by Crippen LogP contribution is -2.88. The number of carbonyl (C=O) groups is 2. The first-order chi connectivity index (χ1) is 16.2. The fourth-order valence-corrected chi connectivity index (χ4v) is 4.83. The fraction of sp³-hybridized carbons (Fsp3) is 0.250. The highest BCUT2D eigenvalue weighted by molar-refractivity contribution is 7.12. The summed E-state index contributed by atoms with van der Waals surface area (Å²) in [5, 5.41) is 10.1. The number of carbonyl (C=O) groups excluding carboxylic acids is 1. The van der Waals surface area contributed by atoms with Gasteiger partial charge in [0.15, 0.2) is 13.1 Å². The zero-order valence-electron chi connectivity index (χ0n) is 18.0. The molecular weight excluding hydrogens is 469 g/mol. The monoisotopic (exact) mass is 491 g/mol. The van der Waals surface area contributed by atoms with E-state index >= 15 is 0 Å². The van der Waals surface area contributed by atoms with E-state index in [1.165, 1.54) is 11.4 Å². The highest BCUT2D eigenvalue weighted by atomic mass is 32.1. The Morgan fingerprint density at radius 3 is 2.56 bits per heavy atom. The van der Waals surface area contributed by atoms with E-state index in [0.29, 0.717) is 40.5 Å². The summed E-state index contributed by atoms with van der Waals surface area (Å²) in [6.45, 7) is 0.336. The van der Waals surface area contributed by atoms with Crippen molar-refractivity contribution in [2.45, 2.75) is 19.2 Å². The Balaban J connectivity index is 1.45. The van der Waals surface area contributed by atoms with E-state index in [0.717, 1.165) is 11.3 Å². The second kappa shape index (κ2) is 9.86. The maximum absolute atomic E-state index is 13.6. The third-order valence-electron chi connectivity index (χ3n) is 5.39. The molecule has 0 radical (unpaired) electrons. The molecule has 0 aliphatic carbocycles. The van der Waals surface area contributed by atoms with Crippen molar-refractivity contribution in [2.24, 2.45) is 0 Å². The molecule has 0 atom stereocenters. The van der Waals surface area contributed by atoms with Gasteiger partial charge >= 0.3 is 12.1 Å². The van der Waals surface area contributed by atoms with Crippen LogP contribution >= 0.6 is 11.3 Å². The van der Waals surface area contributed by atoms with Gasteiger partial charge in [-0.3, -0.25) is 4.79 Å². The summed E-state index contributed by atoms with van der Waals surface area (Å²) < 4.78 is 46.5. The van der Waals surface area contributed by atoms with Crippen LogP contribution in [0.1, 0.15) is 15.3 Å². The molecule has 6 nitrogen and oxygen atoms in total. The van der Waals surface area contributed by atoms with Crippen molar-refractivity contribution >= 4 is 28.9 Å².